The van der Waals surface area contributed by atoms with Crippen LogP contribution >= 0.6 is 34.8 Å². The van der Waals surface area contributed by atoms with Crippen LogP contribution in [0.2, 0.25) is 0 Å². The Kier molecular flexibility index (Phi) is 5.67. The molecule has 1 aromatic heterocycles. The number of esters is 1. The largest absolute Gasteiger partial charge is 0.493 e. The minimum absolute atomic E-state index is 0.147. The van der Waals surface area contributed by atoms with E-state index in [0.717, 1.165) is 3.57 Å². The van der Waals surface area contributed by atoms with Crippen LogP contribution in [-0.2, 0) is 9.53 Å². The molecule has 9 heteroatoms. The molecule has 0 bridgehead atoms. The normalized spacial score (nSPS) is 13.3. The second-order valence-electron chi connectivity index (χ2n) is 6.45. The average molecular weight is 474 g/mol. The fraction of sp³-hybridized carbons (Fsp3) is 0.375. The van der Waals surface area contributed by atoms with Crippen molar-refractivity contribution in [3.8, 4) is 5.88 Å². The second kappa shape index (κ2) is 7.24. The highest BCUT2D eigenvalue weighted by Gasteiger charge is 2.28. The van der Waals surface area contributed by atoms with E-state index in [9.17, 15) is 9.90 Å². The first-order valence-electron chi connectivity index (χ1n) is 7.47. The van der Waals surface area contributed by atoms with Crippen LogP contribution in [-0.4, -0.2) is 26.4 Å². The smallest absolute Gasteiger partial charge is 0.329 e. The number of thiocarbonyl (C=S) groups is 1. The molecule has 0 fully saturated rings. The van der Waals surface area contributed by atoms with E-state index in [1.54, 1.807) is 33.8 Å². The Morgan fingerprint density at radius 1 is 1.44 bits per heavy atom. The molecule has 25 heavy (non-hydrogen) atoms. The first-order chi connectivity index (χ1) is 11.5. The highest BCUT2D eigenvalue weighted by molar-refractivity contribution is 14.1. The summed E-state index contributed by atoms with van der Waals surface area (Å²) in [6.45, 7) is 7.01. The molecule has 1 atom stereocenters. The molecule has 3 N–H and O–H groups in total. The molecule has 1 heterocycles. The molecule has 1 aromatic carbocycles. The van der Waals surface area contributed by atoms with Crippen LogP contribution in [0, 0.1) is 3.57 Å². The summed E-state index contributed by atoms with van der Waals surface area (Å²) in [4.78, 5) is 12.4. The molecule has 0 amide bonds. The molecule has 2 rings (SSSR count). The van der Waals surface area contributed by atoms with Gasteiger partial charge in [0, 0.05) is 8.96 Å². The van der Waals surface area contributed by atoms with Gasteiger partial charge < -0.3 is 15.6 Å². The standard InChI is InChI=1S/C16H19IN4O3S/c1-8(14(23)24-16(2,3)4)21-11-6-5-9(17)7-10(11)12(13(21)22)19-20-15(18)25/h5-8,22H,1-4H3,(H2,18,25)/t8-/m0/s1. The number of hydrogen-bond acceptors (Lipinski definition) is 5. The van der Waals surface area contributed by atoms with Gasteiger partial charge in [-0.2, -0.15) is 0 Å². The summed E-state index contributed by atoms with van der Waals surface area (Å²) < 4.78 is 7.83. The van der Waals surface area contributed by atoms with Gasteiger partial charge >= 0.3 is 5.97 Å². The minimum atomic E-state index is -0.754. The number of aromatic nitrogens is 1. The van der Waals surface area contributed by atoms with Crippen LogP contribution < -0.4 is 5.73 Å². The first kappa shape index (κ1) is 19.6. The predicted octanol–water partition coefficient (Wildman–Crippen LogP) is 4.18. The summed E-state index contributed by atoms with van der Waals surface area (Å²) in [7, 11) is 0. The lowest BCUT2D eigenvalue weighted by Crippen LogP contribution is -2.28. The lowest BCUT2D eigenvalue weighted by atomic mass is 10.2. The van der Waals surface area contributed by atoms with Crippen molar-refractivity contribution in [3.63, 3.8) is 0 Å². The Hall–Kier alpha value is -1.75. The minimum Gasteiger partial charge on any atom is -0.493 e. The van der Waals surface area contributed by atoms with E-state index in [4.69, 9.17) is 22.7 Å². The number of fused-ring (bicyclic) bond motifs is 1. The fourth-order valence-corrected chi connectivity index (χ4v) is 2.87. The van der Waals surface area contributed by atoms with Gasteiger partial charge in [-0.3, -0.25) is 4.57 Å². The molecule has 0 aliphatic heterocycles. The molecular weight excluding hydrogens is 455 g/mol. The maximum absolute atomic E-state index is 12.4. The van der Waals surface area contributed by atoms with Gasteiger partial charge in [0.05, 0.1) is 5.52 Å². The van der Waals surface area contributed by atoms with Crippen molar-refractivity contribution in [1.82, 2.24) is 4.57 Å². The Morgan fingerprint density at radius 2 is 2.08 bits per heavy atom. The third-order valence-electron chi connectivity index (χ3n) is 3.30. The number of carbonyl (C=O) groups excluding carboxylic acids is 1. The van der Waals surface area contributed by atoms with E-state index < -0.39 is 17.6 Å². The summed E-state index contributed by atoms with van der Waals surface area (Å²) in [5, 5.41) is 18.7. The van der Waals surface area contributed by atoms with E-state index >= 15 is 0 Å². The number of halogens is 1. The zero-order chi connectivity index (χ0) is 18.9. The molecule has 0 aliphatic carbocycles. The maximum Gasteiger partial charge on any atom is 0.329 e. The Morgan fingerprint density at radius 3 is 2.64 bits per heavy atom. The van der Waals surface area contributed by atoms with E-state index in [2.05, 4.69) is 32.8 Å². The third kappa shape index (κ3) is 4.46. The van der Waals surface area contributed by atoms with Crippen LogP contribution in [0.3, 0.4) is 0 Å². The number of benzene rings is 1. The zero-order valence-electron chi connectivity index (χ0n) is 14.3. The van der Waals surface area contributed by atoms with Gasteiger partial charge in [-0.15, -0.1) is 10.2 Å². The number of nitrogens with zero attached hydrogens (tertiary/aromatic N) is 3. The molecule has 7 nitrogen and oxygen atoms in total. The van der Waals surface area contributed by atoms with Crippen molar-refractivity contribution >= 4 is 62.5 Å². The molecule has 134 valence electrons. The molecule has 0 unspecified atom stereocenters. The van der Waals surface area contributed by atoms with Gasteiger partial charge in [-0.1, -0.05) is 0 Å². The number of rotatable bonds is 3. The van der Waals surface area contributed by atoms with Crippen molar-refractivity contribution in [1.29, 1.82) is 0 Å². The van der Waals surface area contributed by atoms with Gasteiger partial charge in [0.2, 0.25) is 11.0 Å². The van der Waals surface area contributed by atoms with E-state index in [-0.39, 0.29) is 16.7 Å². The van der Waals surface area contributed by atoms with Crippen molar-refractivity contribution in [2.24, 2.45) is 16.0 Å². The summed E-state index contributed by atoms with van der Waals surface area (Å²) in [6, 6.07) is 4.75. The van der Waals surface area contributed by atoms with E-state index in [1.165, 1.54) is 4.57 Å². The van der Waals surface area contributed by atoms with Crippen molar-refractivity contribution in [3.05, 3.63) is 21.8 Å². The summed E-state index contributed by atoms with van der Waals surface area (Å²) in [5.74, 6) is -0.661. The summed E-state index contributed by atoms with van der Waals surface area (Å²) in [6.07, 6.45) is 0. The van der Waals surface area contributed by atoms with Gasteiger partial charge in [0.15, 0.2) is 5.69 Å². The van der Waals surface area contributed by atoms with Gasteiger partial charge in [-0.05, 0) is 80.7 Å². The number of nitrogens with two attached hydrogens (primary N) is 1. The SMILES string of the molecule is C[C@@H](C(=O)OC(C)(C)C)n1c(O)c(N=NC(N)=S)c2cc(I)ccc21. The molecule has 0 radical (unpaired) electrons. The highest BCUT2D eigenvalue weighted by Crippen LogP contribution is 2.41. The monoisotopic (exact) mass is 474 g/mol. The van der Waals surface area contributed by atoms with Gasteiger partial charge in [0.1, 0.15) is 11.6 Å². The lowest BCUT2D eigenvalue weighted by molar-refractivity contribution is -0.158. The van der Waals surface area contributed by atoms with Crippen LogP contribution in [0.5, 0.6) is 5.88 Å². The van der Waals surface area contributed by atoms with Crippen molar-refractivity contribution in [2.75, 3.05) is 0 Å². The van der Waals surface area contributed by atoms with Crippen LogP contribution in [0.4, 0.5) is 5.69 Å². The predicted molar refractivity (Wildman–Crippen MR) is 108 cm³/mol. The molecule has 2 aromatic rings. The molecular formula is C16H19IN4O3S. The van der Waals surface area contributed by atoms with Crippen LogP contribution in [0.25, 0.3) is 10.9 Å². The molecule has 0 saturated carbocycles. The Balaban J connectivity index is 2.62. The molecule has 0 spiro atoms. The van der Waals surface area contributed by atoms with Crippen LogP contribution in [0.1, 0.15) is 33.7 Å². The van der Waals surface area contributed by atoms with Crippen molar-refractivity contribution in [2.45, 2.75) is 39.3 Å². The second-order valence-corrected chi connectivity index (χ2v) is 8.12. The third-order valence-corrected chi connectivity index (χ3v) is 4.05. The Bertz CT molecular complexity index is 870. The Labute approximate surface area is 164 Å². The van der Waals surface area contributed by atoms with Crippen molar-refractivity contribution < 1.29 is 14.6 Å². The summed E-state index contributed by atoms with van der Waals surface area (Å²) in [5.41, 5.74) is 5.56. The average Bonchev–Trinajstić information content (AvgIpc) is 2.73. The van der Waals surface area contributed by atoms with E-state index in [0.29, 0.717) is 10.9 Å². The quantitative estimate of drug-likeness (QED) is 0.301. The number of carbonyl (C=O) groups is 1. The molecule has 0 saturated heterocycles. The van der Waals surface area contributed by atoms with E-state index in [1.807, 2.05) is 12.1 Å². The number of aromatic hydroxyl groups is 1. The number of hydrogen-bond donors (Lipinski definition) is 2. The van der Waals surface area contributed by atoms with Gasteiger partial charge in [-0.25, -0.2) is 4.79 Å². The first-order valence-corrected chi connectivity index (χ1v) is 8.96. The highest BCUT2D eigenvalue weighted by atomic mass is 127. The maximum atomic E-state index is 12.4. The zero-order valence-corrected chi connectivity index (χ0v) is 17.3. The fourth-order valence-electron chi connectivity index (χ4n) is 2.34. The topological polar surface area (TPSA) is 102 Å². The lowest BCUT2D eigenvalue weighted by Gasteiger charge is -2.23. The number of ether oxygens (including phenoxy) is 1. The number of azo groups is 1. The van der Waals surface area contributed by atoms with Crippen LogP contribution in [0.15, 0.2) is 28.4 Å². The molecule has 0 aliphatic rings. The van der Waals surface area contributed by atoms with Gasteiger partial charge in [0.25, 0.3) is 0 Å². The summed E-state index contributed by atoms with van der Waals surface area (Å²) >= 11 is 6.85.